The summed E-state index contributed by atoms with van der Waals surface area (Å²) < 4.78 is 29.7. The first kappa shape index (κ1) is 10.2. The third kappa shape index (κ3) is 3.57. The number of nitrogens with two attached hydrogens (primary N) is 1. The van der Waals surface area contributed by atoms with Crippen molar-refractivity contribution >= 4 is 6.09 Å². The number of ether oxygens (including phenoxy) is 1. The van der Waals surface area contributed by atoms with Gasteiger partial charge in [0.15, 0.2) is 0 Å². The Kier molecular flexibility index (Phi) is 3.06. The Labute approximate surface area is 75.2 Å². The summed E-state index contributed by atoms with van der Waals surface area (Å²) in [6, 6.07) is 0. The SMILES string of the molecule is NC(=O)O[CH]C1CCC(F)(F)CC1. The summed E-state index contributed by atoms with van der Waals surface area (Å²) in [7, 11) is 0. The molecule has 1 saturated carbocycles. The van der Waals surface area contributed by atoms with Crippen LogP contribution in [0.25, 0.3) is 0 Å². The summed E-state index contributed by atoms with van der Waals surface area (Å²) >= 11 is 0. The fourth-order valence-electron chi connectivity index (χ4n) is 1.36. The van der Waals surface area contributed by atoms with Crippen molar-refractivity contribution in [2.75, 3.05) is 0 Å². The van der Waals surface area contributed by atoms with Crippen molar-refractivity contribution in [3.63, 3.8) is 0 Å². The van der Waals surface area contributed by atoms with Gasteiger partial charge in [0.2, 0.25) is 5.92 Å². The summed E-state index contributed by atoms with van der Waals surface area (Å²) in [6.07, 6.45) is -0.481. The number of amides is 1. The van der Waals surface area contributed by atoms with Gasteiger partial charge in [-0.1, -0.05) is 0 Å². The summed E-state index contributed by atoms with van der Waals surface area (Å²) in [5.74, 6) is -2.62. The Morgan fingerprint density at radius 1 is 1.46 bits per heavy atom. The molecule has 0 bridgehead atoms. The van der Waals surface area contributed by atoms with E-state index in [2.05, 4.69) is 4.74 Å². The molecule has 2 N–H and O–H groups in total. The highest BCUT2D eigenvalue weighted by atomic mass is 19.3. The van der Waals surface area contributed by atoms with Crippen LogP contribution in [0.2, 0.25) is 0 Å². The molecule has 0 aliphatic heterocycles. The monoisotopic (exact) mass is 192 g/mol. The van der Waals surface area contributed by atoms with Gasteiger partial charge in [0.25, 0.3) is 0 Å². The van der Waals surface area contributed by atoms with Crippen molar-refractivity contribution in [2.24, 2.45) is 11.7 Å². The topological polar surface area (TPSA) is 52.3 Å². The Morgan fingerprint density at radius 3 is 2.46 bits per heavy atom. The highest BCUT2D eigenvalue weighted by molar-refractivity contribution is 5.65. The minimum absolute atomic E-state index is 0.0767. The van der Waals surface area contributed by atoms with E-state index in [1.165, 1.54) is 6.61 Å². The Hall–Kier alpha value is -0.870. The molecule has 0 aromatic rings. The molecule has 5 heteroatoms. The number of carbonyl (C=O) groups is 1. The molecular formula is C8H12F2NO2. The molecule has 3 nitrogen and oxygen atoms in total. The molecular weight excluding hydrogens is 180 g/mol. The van der Waals surface area contributed by atoms with Crippen LogP contribution in [0, 0.1) is 12.5 Å². The molecule has 0 spiro atoms. The second-order valence-electron chi connectivity index (χ2n) is 3.27. The van der Waals surface area contributed by atoms with Crippen molar-refractivity contribution in [3.8, 4) is 0 Å². The van der Waals surface area contributed by atoms with Gasteiger partial charge in [-0.2, -0.15) is 0 Å². The van der Waals surface area contributed by atoms with Crippen LogP contribution in [-0.4, -0.2) is 12.0 Å². The van der Waals surface area contributed by atoms with Gasteiger partial charge in [-0.05, 0) is 12.8 Å². The summed E-state index contributed by atoms with van der Waals surface area (Å²) in [6.45, 7) is 1.26. The third-order valence-electron chi connectivity index (χ3n) is 2.14. The summed E-state index contributed by atoms with van der Waals surface area (Å²) in [5, 5.41) is 0. The van der Waals surface area contributed by atoms with Crippen LogP contribution in [-0.2, 0) is 4.74 Å². The molecule has 1 aliphatic carbocycles. The Balaban J connectivity index is 2.21. The number of hydrogen-bond acceptors (Lipinski definition) is 2. The van der Waals surface area contributed by atoms with E-state index in [4.69, 9.17) is 5.73 Å². The second-order valence-corrected chi connectivity index (χ2v) is 3.27. The molecule has 1 rings (SSSR count). The van der Waals surface area contributed by atoms with E-state index in [1.54, 1.807) is 0 Å². The van der Waals surface area contributed by atoms with Crippen LogP contribution in [0.15, 0.2) is 0 Å². The highest BCUT2D eigenvalue weighted by Gasteiger charge is 2.35. The van der Waals surface area contributed by atoms with Crippen LogP contribution in [0.4, 0.5) is 13.6 Å². The number of halogens is 2. The summed E-state index contributed by atoms with van der Waals surface area (Å²) in [5.41, 5.74) is 4.72. The molecule has 1 aliphatic rings. The maximum atomic E-state index is 12.6. The third-order valence-corrected chi connectivity index (χ3v) is 2.14. The Morgan fingerprint density at radius 2 is 2.00 bits per heavy atom. The standard InChI is InChI=1S/C8H12F2NO2/c9-8(10)3-1-6(2-4-8)5-13-7(11)12/h5-6H,1-4H2,(H2,11,12). The molecule has 1 radical (unpaired) electrons. The van der Waals surface area contributed by atoms with Crippen LogP contribution < -0.4 is 5.73 Å². The van der Waals surface area contributed by atoms with Crippen LogP contribution in [0.1, 0.15) is 25.7 Å². The van der Waals surface area contributed by atoms with E-state index in [0.717, 1.165) is 0 Å². The van der Waals surface area contributed by atoms with Crippen molar-refractivity contribution in [2.45, 2.75) is 31.6 Å². The highest BCUT2D eigenvalue weighted by Crippen LogP contribution is 2.37. The van der Waals surface area contributed by atoms with Gasteiger partial charge in [0.1, 0.15) is 6.61 Å². The predicted octanol–water partition coefficient (Wildman–Crippen LogP) is 2.07. The zero-order chi connectivity index (χ0) is 9.90. The van der Waals surface area contributed by atoms with E-state index in [-0.39, 0.29) is 18.8 Å². The number of rotatable bonds is 2. The normalized spacial score (nSPS) is 22.6. The van der Waals surface area contributed by atoms with Gasteiger partial charge in [-0.3, -0.25) is 0 Å². The molecule has 0 unspecified atom stereocenters. The fraction of sp³-hybridized carbons (Fsp3) is 0.750. The second kappa shape index (κ2) is 3.89. The molecule has 0 atom stereocenters. The lowest BCUT2D eigenvalue weighted by molar-refractivity contribution is -0.0462. The number of hydrogen-bond donors (Lipinski definition) is 1. The molecule has 0 aromatic carbocycles. The average Bonchev–Trinajstić information content (AvgIpc) is 2.02. The minimum atomic E-state index is -2.54. The van der Waals surface area contributed by atoms with E-state index < -0.39 is 12.0 Å². The van der Waals surface area contributed by atoms with Crippen molar-refractivity contribution in [1.29, 1.82) is 0 Å². The Bertz CT molecular complexity index is 187. The van der Waals surface area contributed by atoms with Crippen molar-refractivity contribution < 1.29 is 18.3 Å². The van der Waals surface area contributed by atoms with Gasteiger partial charge in [0, 0.05) is 18.8 Å². The molecule has 13 heavy (non-hydrogen) atoms. The smallest absolute Gasteiger partial charge is 0.404 e. The zero-order valence-electron chi connectivity index (χ0n) is 7.13. The average molecular weight is 192 g/mol. The van der Waals surface area contributed by atoms with E-state index in [9.17, 15) is 13.6 Å². The lowest BCUT2D eigenvalue weighted by Gasteiger charge is -2.27. The molecule has 0 heterocycles. The molecule has 75 valence electrons. The van der Waals surface area contributed by atoms with Gasteiger partial charge >= 0.3 is 6.09 Å². The van der Waals surface area contributed by atoms with Crippen molar-refractivity contribution in [1.82, 2.24) is 0 Å². The number of alkyl halides is 2. The lowest BCUT2D eigenvalue weighted by Crippen LogP contribution is -2.26. The van der Waals surface area contributed by atoms with Crippen LogP contribution in [0.3, 0.4) is 0 Å². The van der Waals surface area contributed by atoms with E-state index >= 15 is 0 Å². The molecule has 1 fully saturated rings. The first-order valence-corrected chi connectivity index (χ1v) is 4.17. The van der Waals surface area contributed by atoms with Gasteiger partial charge < -0.3 is 10.5 Å². The van der Waals surface area contributed by atoms with Gasteiger partial charge in [0.05, 0.1) is 0 Å². The largest absolute Gasteiger partial charge is 0.442 e. The maximum Gasteiger partial charge on any atom is 0.404 e. The molecule has 0 aromatic heterocycles. The zero-order valence-corrected chi connectivity index (χ0v) is 7.13. The van der Waals surface area contributed by atoms with E-state index in [1.807, 2.05) is 0 Å². The quantitative estimate of drug-likeness (QED) is 0.728. The first-order chi connectivity index (χ1) is 5.99. The minimum Gasteiger partial charge on any atom is -0.442 e. The first-order valence-electron chi connectivity index (χ1n) is 4.17. The predicted molar refractivity (Wildman–Crippen MR) is 41.9 cm³/mol. The van der Waals surface area contributed by atoms with E-state index in [0.29, 0.717) is 12.8 Å². The number of primary amides is 1. The van der Waals surface area contributed by atoms with Gasteiger partial charge in [-0.15, -0.1) is 0 Å². The van der Waals surface area contributed by atoms with Gasteiger partial charge in [-0.25, -0.2) is 13.6 Å². The maximum absolute atomic E-state index is 12.6. The lowest BCUT2D eigenvalue weighted by atomic mass is 9.87. The van der Waals surface area contributed by atoms with Crippen LogP contribution >= 0.6 is 0 Å². The molecule has 0 saturated heterocycles. The van der Waals surface area contributed by atoms with Crippen LogP contribution in [0.5, 0.6) is 0 Å². The fourth-order valence-corrected chi connectivity index (χ4v) is 1.36. The van der Waals surface area contributed by atoms with Crippen molar-refractivity contribution in [3.05, 3.63) is 6.61 Å². The number of carbonyl (C=O) groups excluding carboxylic acids is 1. The molecule has 1 amide bonds. The summed E-state index contributed by atoms with van der Waals surface area (Å²) in [4.78, 5) is 10.2.